The van der Waals surface area contributed by atoms with E-state index in [1.165, 1.54) is 45.7 Å². The highest BCUT2D eigenvalue weighted by Gasteiger charge is 2.66. The predicted molar refractivity (Wildman–Crippen MR) is 374 cm³/mol. The standard InChI is InChI=1S/C39H44O4S2.C22H26O4.C17H18S2/c1-3-35-29(2)36(41-27-31-18-9-5-10-19-31)37(42-28-32-20-11-6-12-21-32)38(40,43-35)39(44-24-15-25-45-39)34-23-14-13-22-33(34)26-30-16-7-4-8-17-30;1-3-19-16(2)20(24-14-17-10-6-4-7-11-17)21(22(23)26-19)25-15-18-12-8-5-9-13-18;1-2-7-14(8-3-1)13-15-9-4-5-10-16(15)17-18-11-6-12-19-17/h4-14,16-23,29,35-37,40H,3,15,24-28H2,1-2H3;4-13,16,19-21H,3,14-15H2,1-2H3;1-5,7-10,17H,6,11-13H2/t29-,35-,36+,37-,38-;16-,19-,20+,21-;/m11./s1. The number of hydrogen-bond donors (Lipinski definition) is 1. The van der Waals surface area contributed by atoms with Crippen molar-refractivity contribution in [3.63, 3.8) is 0 Å². The smallest absolute Gasteiger partial charge is 0.338 e. The first-order chi connectivity index (χ1) is 44.2. The number of aliphatic hydroxyl groups is 1. The zero-order valence-electron chi connectivity index (χ0n) is 52.5. The van der Waals surface area contributed by atoms with Gasteiger partial charge in [-0.15, -0.1) is 47.0 Å². The van der Waals surface area contributed by atoms with Gasteiger partial charge in [0.05, 0.1) is 43.2 Å². The highest BCUT2D eigenvalue weighted by atomic mass is 32.2. The van der Waals surface area contributed by atoms with Gasteiger partial charge in [-0.05, 0) is 117 Å². The topological polar surface area (TPSA) is 92.7 Å². The quantitative estimate of drug-likeness (QED) is 0.0695. The van der Waals surface area contributed by atoms with Gasteiger partial charge in [-0.1, -0.05) is 258 Å². The van der Waals surface area contributed by atoms with Gasteiger partial charge < -0.3 is 33.5 Å². The van der Waals surface area contributed by atoms with Crippen LogP contribution in [0, 0.1) is 11.8 Å². The summed E-state index contributed by atoms with van der Waals surface area (Å²) in [4.78, 5) is 12.5. The summed E-state index contributed by atoms with van der Waals surface area (Å²) in [7, 11) is 0. The Morgan fingerprint density at radius 2 is 0.856 bits per heavy atom. The molecule has 0 aliphatic carbocycles. The molecule has 0 bridgehead atoms. The lowest BCUT2D eigenvalue weighted by molar-refractivity contribution is -0.357. The first kappa shape index (κ1) is 67.3. The molecule has 12 rings (SSSR count). The lowest BCUT2D eigenvalue weighted by atomic mass is 9.81. The zero-order valence-corrected chi connectivity index (χ0v) is 55.7. The van der Waals surface area contributed by atoms with Crippen LogP contribution in [-0.2, 0) is 76.6 Å². The molecule has 1 N–H and O–H groups in total. The molecule has 8 aromatic carbocycles. The van der Waals surface area contributed by atoms with Gasteiger partial charge in [-0.25, -0.2) is 4.79 Å². The number of carbonyl (C=O) groups excluding carboxylic acids is 1. The van der Waals surface area contributed by atoms with Gasteiger partial charge in [-0.3, -0.25) is 0 Å². The van der Waals surface area contributed by atoms with E-state index in [9.17, 15) is 9.90 Å². The molecule has 0 amide bonds. The number of esters is 1. The molecular formula is C78H88O8S4. The molecule has 12 heteroatoms. The molecule has 9 atom stereocenters. The van der Waals surface area contributed by atoms with Crippen molar-refractivity contribution in [2.45, 2.75) is 144 Å². The third-order valence-electron chi connectivity index (χ3n) is 17.3. The Morgan fingerprint density at radius 3 is 1.37 bits per heavy atom. The Balaban J connectivity index is 0.000000166. The molecule has 8 aromatic rings. The minimum Gasteiger partial charge on any atom is -0.460 e. The Hall–Kier alpha value is -5.61. The van der Waals surface area contributed by atoms with E-state index in [-0.39, 0.29) is 42.2 Å². The molecule has 90 heavy (non-hydrogen) atoms. The van der Waals surface area contributed by atoms with E-state index < -0.39 is 22.1 Å². The van der Waals surface area contributed by atoms with Crippen molar-refractivity contribution in [2.24, 2.45) is 11.8 Å². The average Bonchev–Trinajstić information content (AvgIpc) is 0.717. The largest absolute Gasteiger partial charge is 0.460 e. The van der Waals surface area contributed by atoms with Gasteiger partial charge in [0.15, 0.2) is 6.10 Å². The summed E-state index contributed by atoms with van der Waals surface area (Å²) in [5, 5.41) is 13.4. The Kier molecular flexibility index (Phi) is 25.7. The number of cyclic esters (lactones) is 1. The molecule has 0 saturated carbocycles. The highest BCUT2D eigenvalue weighted by Crippen LogP contribution is 2.62. The zero-order chi connectivity index (χ0) is 62.4. The van der Waals surface area contributed by atoms with Crippen molar-refractivity contribution >= 4 is 53.0 Å². The average molecular weight is 1280 g/mol. The normalized spacial score (nSPS) is 24.1. The van der Waals surface area contributed by atoms with Crippen LogP contribution in [0.2, 0.25) is 0 Å². The van der Waals surface area contributed by atoms with Gasteiger partial charge >= 0.3 is 5.97 Å². The monoisotopic (exact) mass is 1280 g/mol. The lowest BCUT2D eigenvalue weighted by Gasteiger charge is -2.58. The van der Waals surface area contributed by atoms with Gasteiger partial charge in [-0.2, -0.15) is 0 Å². The van der Waals surface area contributed by atoms with Crippen LogP contribution in [0.25, 0.3) is 0 Å². The Bertz CT molecular complexity index is 3360. The van der Waals surface area contributed by atoms with Crippen LogP contribution in [0.15, 0.2) is 231 Å². The van der Waals surface area contributed by atoms with E-state index in [0.29, 0.717) is 31.0 Å². The minimum absolute atomic E-state index is 0.00923. The number of rotatable bonds is 21. The summed E-state index contributed by atoms with van der Waals surface area (Å²) < 4.78 is 38.2. The third-order valence-corrected chi connectivity index (χ3v) is 23.8. The molecule has 4 fully saturated rings. The molecule has 0 radical (unpaired) electrons. The van der Waals surface area contributed by atoms with Crippen molar-refractivity contribution in [1.82, 2.24) is 0 Å². The molecule has 4 aliphatic heterocycles. The molecule has 4 saturated heterocycles. The first-order valence-corrected chi connectivity index (χ1v) is 36.2. The van der Waals surface area contributed by atoms with E-state index in [2.05, 4.69) is 178 Å². The maximum absolute atomic E-state index is 13.4. The fourth-order valence-electron chi connectivity index (χ4n) is 12.4. The van der Waals surface area contributed by atoms with Gasteiger partial charge in [0.2, 0.25) is 5.79 Å². The van der Waals surface area contributed by atoms with E-state index in [1.807, 2.05) is 104 Å². The van der Waals surface area contributed by atoms with E-state index in [4.69, 9.17) is 28.4 Å². The maximum atomic E-state index is 13.4. The summed E-state index contributed by atoms with van der Waals surface area (Å²) in [6, 6.07) is 79.1. The molecule has 4 aliphatic rings. The van der Waals surface area contributed by atoms with Crippen molar-refractivity contribution < 1.29 is 38.3 Å². The molecular weight excluding hydrogens is 1190 g/mol. The van der Waals surface area contributed by atoms with Crippen molar-refractivity contribution in [1.29, 1.82) is 0 Å². The van der Waals surface area contributed by atoms with Crippen LogP contribution in [-0.4, -0.2) is 76.5 Å². The van der Waals surface area contributed by atoms with E-state index in [1.54, 1.807) is 23.5 Å². The third kappa shape index (κ3) is 17.5. The predicted octanol–water partition coefficient (Wildman–Crippen LogP) is 17.9. The minimum atomic E-state index is -1.67. The van der Waals surface area contributed by atoms with Crippen LogP contribution in [0.5, 0.6) is 0 Å². The second kappa shape index (κ2) is 34.3. The Labute approximate surface area is 552 Å². The molecule has 4 heterocycles. The van der Waals surface area contributed by atoms with Gasteiger partial charge in [0.25, 0.3) is 0 Å². The van der Waals surface area contributed by atoms with Crippen molar-refractivity contribution in [3.8, 4) is 0 Å². The second-order valence-corrected chi connectivity index (χ2v) is 29.2. The summed E-state index contributed by atoms with van der Waals surface area (Å²) in [5.41, 5.74) is 12.2. The SMILES string of the molecule is CC[C@H]1OC(=O)[C@H](OCc2ccccc2)[C@@H](OCc2ccccc2)[C@@H]1C.CC[C@H]1O[C@@](O)(C2(c3ccccc3Cc3ccccc3)SCCCS2)[C@H](OCc2ccccc2)[C@@H](OCc2ccccc2)[C@@H]1C.c1ccc(Cc2ccccc2C2SCCCS2)cc1. The number of ether oxygens (including phenoxy) is 6. The Morgan fingerprint density at radius 1 is 0.456 bits per heavy atom. The summed E-state index contributed by atoms with van der Waals surface area (Å²) in [6.07, 6.45) is 3.27. The highest BCUT2D eigenvalue weighted by molar-refractivity contribution is 8.18. The molecule has 0 unspecified atom stereocenters. The van der Waals surface area contributed by atoms with Crippen LogP contribution in [0.3, 0.4) is 0 Å². The number of benzene rings is 8. The maximum Gasteiger partial charge on any atom is 0.338 e. The van der Waals surface area contributed by atoms with Crippen LogP contribution in [0.4, 0.5) is 0 Å². The van der Waals surface area contributed by atoms with Gasteiger partial charge in [0.1, 0.15) is 22.4 Å². The fraction of sp³-hybridized carbons (Fsp3) is 0.372. The van der Waals surface area contributed by atoms with Crippen LogP contribution >= 0.6 is 47.0 Å². The second-order valence-electron chi connectivity index (χ2n) is 23.6. The van der Waals surface area contributed by atoms with Crippen molar-refractivity contribution in [2.75, 3.05) is 23.0 Å². The first-order valence-electron chi connectivity index (χ1n) is 32.1. The number of hydrogen-bond acceptors (Lipinski definition) is 12. The van der Waals surface area contributed by atoms with Crippen LogP contribution < -0.4 is 0 Å². The number of thioether (sulfide) groups is 4. The van der Waals surface area contributed by atoms with Crippen LogP contribution in [0.1, 0.15) is 114 Å². The molecule has 0 aromatic heterocycles. The molecule has 0 spiro atoms. The summed E-state index contributed by atoms with van der Waals surface area (Å²) >= 11 is 7.81. The van der Waals surface area contributed by atoms with E-state index in [0.717, 1.165) is 71.4 Å². The lowest BCUT2D eigenvalue weighted by Crippen LogP contribution is -2.69. The summed E-state index contributed by atoms with van der Waals surface area (Å²) in [6.45, 7) is 10.00. The summed E-state index contributed by atoms with van der Waals surface area (Å²) in [5.74, 6) is 2.53. The fourth-order valence-corrected chi connectivity index (χ4v) is 19.1. The van der Waals surface area contributed by atoms with Gasteiger partial charge in [0, 0.05) is 11.8 Å². The van der Waals surface area contributed by atoms with E-state index >= 15 is 0 Å². The number of carbonyl (C=O) groups is 1. The molecule has 472 valence electrons. The van der Waals surface area contributed by atoms with Crippen molar-refractivity contribution in [3.05, 3.63) is 286 Å². The molecule has 8 nitrogen and oxygen atoms in total.